The zero-order valence-corrected chi connectivity index (χ0v) is 17.4. The lowest BCUT2D eigenvalue weighted by atomic mass is 9.72. The highest BCUT2D eigenvalue weighted by atomic mass is 32.2. The van der Waals surface area contributed by atoms with Crippen LogP contribution in [0, 0.1) is 34.0 Å². The molecular formula is C23H20N4O2S. The lowest BCUT2D eigenvalue weighted by Gasteiger charge is -2.34. The number of nitriles is 2. The highest BCUT2D eigenvalue weighted by Gasteiger charge is 2.44. The molecule has 3 rings (SSSR count). The molecule has 0 fully saturated rings. The Kier molecular flexibility index (Phi) is 6.25. The standard InChI is InChI=1S/C23H20N4O2S/c1-23(2)18(12-24)21(29)27-22(19(23)13-25)30-14-20(28)26-17-10-8-16(9-11-17)15-6-4-3-5-7-15/h3-11,18H,14H2,1-2H3,(H,26,28)(H,27,29)/t18-/m1/s1. The van der Waals surface area contributed by atoms with Crippen LogP contribution in [-0.4, -0.2) is 17.6 Å². The maximum Gasteiger partial charge on any atom is 0.243 e. The van der Waals surface area contributed by atoms with E-state index in [1.165, 1.54) is 0 Å². The largest absolute Gasteiger partial charge is 0.325 e. The first kappa shape index (κ1) is 21.2. The molecule has 0 saturated heterocycles. The predicted molar refractivity (Wildman–Crippen MR) is 117 cm³/mol. The third kappa shape index (κ3) is 4.37. The molecule has 0 spiro atoms. The smallest absolute Gasteiger partial charge is 0.243 e. The van der Waals surface area contributed by atoms with Crippen molar-refractivity contribution in [1.29, 1.82) is 10.5 Å². The Morgan fingerprint density at radius 3 is 2.33 bits per heavy atom. The van der Waals surface area contributed by atoms with Gasteiger partial charge in [0.2, 0.25) is 11.8 Å². The Bertz CT molecular complexity index is 1080. The fraction of sp³-hybridized carbons (Fsp3) is 0.217. The van der Waals surface area contributed by atoms with Crippen LogP contribution < -0.4 is 10.6 Å². The lowest BCUT2D eigenvalue weighted by Crippen LogP contribution is -2.44. The molecule has 1 aliphatic heterocycles. The second-order valence-electron chi connectivity index (χ2n) is 7.37. The first-order valence-corrected chi connectivity index (χ1v) is 10.3. The number of nitrogens with zero attached hydrogens (tertiary/aromatic N) is 2. The van der Waals surface area contributed by atoms with Crippen molar-refractivity contribution in [3.8, 4) is 23.3 Å². The van der Waals surface area contributed by atoms with Crippen molar-refractivity contribution in [2.45, 2.75) is 13.8 Å². The van der Waals surface area contributed by atoms with E-state index in [0.717, 1.165) is 22.9 Å². The minimum absolute atomic E-state index is 0.0224. The molecule has 2 amide bonds. The number of carbonyl (C=O) groups is 2. The summed E-state index contributed by atoms with van der Waals surface area (Å²) in [7, 11) is 0. The summed E-state index contributed by atoms with van der Waals surface area (Å²) in [6, 6.07) is 21.5. The quantitative estimate of drug-likeness (QED) is 0.765. The van der Waals surface area contributed by atoms with Gasteiger partial charge in [0.15, 0.2) is 0 Å². The maximum absolute atomic E-state index is 12.4. The van der Waals surface area contributed by atoms with E-state index in [1.807, 2.05) is 60.7 Å². The molecule has 0 aromatic heterocycles. The molecule has 1 aliphatic rings. The molecule has 150 valence electrons. The third-order valence-electron chi connectivity index (χ3n) is 4.96. The molecule has 0 saturated carbocycles. The SMILES string of the molecule is CC1(C)C(C#N)=C(SCC(=O)Nc2ccc(-c3ccccc3)cc2)NC(=O)[C@H]1C#N. The van der Waals surface area contributed by atoms with Gasteiger partial charge in [0.25, 0.3) is 0 Å². The second kappa shape index (κ2) is 8.86. The van der Waals surface area contributed by atoms with Crippen LogP contribution in [0.2, 0.25) is 0 Å². The van der Waals surface area contributed by atoms with Crippen LogP contribution in [0.1, 0.15) is 13.8 Å². The number of hydrogen-bond donors (Lipinski definition) is 2. The highest BCUT2D eigenvalue weighted by Crippen LogP contribution is 2.41. The van der Waals surface area contributed by atoms with Gasteiger partial charge in [0.05, 0.1) is 28.5 Å². The summed E-state index contributed by atoms with van der Waals surface area (Å²) in [6.45, 7) is 3.38. The van der Waals surface area contributed by atoms with Gasteiger partial charge in [0.1, 0.15) is 5.92 Å². The molecule has 7 heteroatoms. The summed E-state index contributed by atoms with van der Waals surface area (Å²) in [5.41, 5.74) is 2.18. The van der Waals surface area contributed by atoms with Gasteiger partial charge in [-0.1, -0.05) is 68.1 Å². The molecule has 0 aliphatic carbocycles. The third-order valence-corrected chi connectivity index (χ3v) is 5.96. The fourth-order valence-corrected chi connectivity index (χ4v) is 4.22. The summed E-state index contributed by atoms with van der Waals surface area (Å²) in [6.07, 6.45) is 0. The number of rotatable bonds is 5. The van der Waals surface area contributed by atoms with E-state index in [2.05, 4.69) is 16.7 Å². The topological polar surface area (TPSA) is 106 Å². The van der Waals surface area contributed by atoms with Crippen LogP contribution in [-0.2, 0) is 9.59 Å². The summed E-state index contributed by atoms with van der Waals surface area (Å²) in [5, 5.41) is 24.5. The Morgan fingerprint density at radius 2 is 1.73 bits per heavy atom. The number of hydrogen-bond acceptors (Lipinski definition) is 5. The molecule has 1 atom stereocenters. The maximum atomic E-state index is 12.4. The average Bonchev–Trinajstić information content (AvgIpc) is 2.73. The van der Waals surface area contributed by atoms with Crippen molar-refractivity contribution in [2.24, 2.45) is 11.3 Å². The van der Waals surface area contributed by atoms with E-state index in [4.69, 9.17) is 0 Å². The van der Waals surface area contributed by atoms with Gasteiger partial charge in [-0.15, -0.1) is 0 Å². The lowest BCUT2D eigenvalue weighted by molar-refractivity contribution is -0.125. The summed E-state index contributed by atoms with van der Waals surface area (Å²) >= 11 is 1.08. The van der Waals surface area contributed by atoms with Crippen LogP contribution in [0.4, 0.5) is 5.69 Å². The number of allylic oxidation sites excluding steroid dienone is 1. The van der Waals surface area contributed by atoms with Crippen molar-refractivity contribution in [1.82, 2.24) is 5.32 Å². The van der Waals surface area contributed by atoms with Crippen molar-refractivity contribution >= 4 is 29.3 Å². The number of anilines is 1. The molecule has 1 heterocycles. The zero-order valence-electron chi connectivity index (χ0n) is 16.6. The van der Waals surface area contributed by atoms with Gasteiger partial charge >= 0.3 is 0 Å². The van der Waals surface area contributed by atoms with E-state index < -0.39 is 17.2 Å². The van der Waals surface area contributed by atoms with Crippen molar-refractivity contribution in [3.63, 3.8) is 0 Å². The summed E-state index contributed by atoms with van der Waals surface area (Å²) < 4.78 is 0. The van der Waals surface area contributed by atoms with E-state index in [1.54, 1.807) is 13.8 Å². The van der Waals surface area contributed by atoms with Crippen molar-refractivity contribution < 1.29 is 9.59 Å². The molecule has 6 nitrogen and oxygen atoms in total. The first-order chi connectivity index (χ1) is 14.4. The van der Waals surface area contributed by atoms with E-state index in [-0.39, 0.29) is 11.7 Å². The molecule has 30 heavy (non-hydrogen) atoms. The molecule has 0 radical (unpaired) electrons. The van der Waals surface area contributed by atoms with Crippen LogP contribution >= 0.6 is 11.8 Å². The van der Waals surface area contributed by atoms with Gasteiger partial charge < -0.3 is 10.6 Å². The minimum Gasteiger partial charge on any atom is -0.325 e. The van der Waals surface area contributed by atoms with E-state index in [0.29, 0.717) is 16.3 Å². The van der Waals surface area contributed by atoms with Gasteiger partial charge in [-0.05, 0) is 23.3 Å². The van der Waals surface area contributed by atoms with Crippen LogP contribution in [0.3, 0.4) is 0 Å². The zero-order chi connectivity index (χ0) is 21.7. The normalized spacial score (nSPS) is 17.5. The van der Waals surface area contributed by atoms with Crippen molar-refractivity contribution in [2.75, 3.05) is 11.1 Å². The van der Waals surface area contributed by atoms with Gasteiger partial charge in [-0.3, -0.25) is 9.59 Å². The van der Waals surface area contributed by atoms with Crippen LogP contribution in [0.5, 0.6) is 0 Å². The summed E-state index contributed by atoms with van der Waals surface area (Å²) in [5.74, 6) is -1.64. The number of thioether (sulfide) groups is 1. The van der Waals surface area contributed by atoms with Crippen LogP contribution in [0.15, 0.2) is 65.2 Å². The number of benzene rings is 2. The van der Waals surface area contributed by atoms with Crippen LogP contribution in [0.25, 0.3) is 11.1 Å². The summed E-state index contributed by atoms with van der Waals surface area (Å²) in [4.78, 5) is 24.6. The van der Waals surface area contributed by atoms with Gasteiger partial charge in [0, 0.05) is 11.1 Å². The predicted octanol–water partition coefficient (Wildman–Crippen LogP) is 4.06. The monoisotopic (exact) mass is 416 g/mol. The fourth-order valence-electron chi connectivity index (χ4n) is 3.25. The first-order valence-electron chi connectivity index (χ1n) is 9.30. The molecule has 2 N–H and O–H groups in total. The number of amides is 2. The van der Waals surface area contributed by atoms with Gasteiger partial charge in [-0.25, -0.2) is 0 Å². The molecule has 2 aromatic carbocycles. The second-order valence-corrected chi connectivity index (χ2v) is 8.35. The molecule has 0 unspecified atom stereocenters. The Morgan fingerprint density at radius 1 is 1.10 bits per heavy atom. The van der Waals surface area contributed by atoms with E-state index >= 15 is 0 Å². The Hall–Kier alpha value is -3.55. The van der Waals surface area contributed by atoms with Crippen molar-refractivity contribution in [3.05, 3.63) is 65.2 Å². The van der Waals surface area contributed by atoms with E-state index in [9.17, 15) is 20.1 Å². The molecule has 0 bridgehead atoms. The average molecular weight is 417 g/mol. The number of nitrogens with one attached hydrogen (secondary N) is 2. The number of carbonyl (C=O) groups excluding carboxylic acids is 2. The van der Waals surface area contributed by atoms with Gasteiger partial charge in [-0.2, -0.15) is 10.5 Å². The minimum atomic E-state index is -0.951. The Labute approximate surface area is 179 Å². The Balaban J connectivity index is 1.66. The molecular weight excluding hydrogens is 396 g/mol. The highest BCUT2D eigenvalue weighted by molar-refractivity contribution is 8.03. The molecule has 2 aromatic rings.